The number of rotatable bonds is 10. The molecule has 0 aliphatic heterocycles. The van der Waals surface area contributed by atoms with E-state index in [2.05, 4.69) is 54.7 Å². The number of methoxy groups -OCH3 is 1. The minimum Gasteiger partial charge on any atom is -0.383 e. The number of carbonyl (C=O) groups excluding carboxylic acids is 1. The molecule has 1 amide bonds. The van der Waals surface area contributed by atoms with Crippen molar-refractivity contribution in [3.05, 3.63) is 41.2 Å². The van der Waals surface area contributed by atoms with E-state index >= 15 is 0 Å². The fourth-order valence-corrected chi connectivity index (χ4v) is 3.81. The number of aromatic nitrogens is 3. The molecule has 1 atom stereocenters. The number of ether oxygens (including phenoxy) is 1. The third-order valence-corrected chi connectivity index (χ3v) is 5.33. The molecule has 2 rings (SSSR count). The van der Waals surface area contributed by atoms with Crippen molar-refractivity contribution in [1.82, 2.24) is 20.1 Å². The molecule has 0 bridgehead atoms. The van der Waals surface area contributed by atoms with Gasteiger partial charge < -0.3 is 14.6 Å². The van der Waals surface area contributed by atoms with E-state index < -0.39 is 0 Å². The lowest BCUT2D eigenvalue weighted by atomic mass is 10.1. The van der Waals surface area contributed by atoms with Crippen molar-refractivity contribution in [2.45, 2.75) is 57.5 Å². The lowest BCUT2D eigenvalue weighted by Crippen LogP contribution is -2.27. The van der Waals surface area contributed by atoms with Crippen LogP contribution >= 0.6 is 11.8 Å². The maximum Gasteiger partial charge on any atom is 0.251 e. The number of amides is 1. The summed E-state index contributed by atoms with van der Waals surface area (Å²) in [5, 5.41) is 12.6. The zero-order valence-corrected chi connectivity index (χ0v) is 18.5. The highest BCUT2D eigenvalue weighted by atomic mass is 32.2. The molecule has 0 aliphatic rings. The van der Waals surface area contributed by atoms with Crippen LogP contribution in [0.1, 0.15) is 68.3 Å². The van der Waals surface area contributed by atoms with Gasteiger partial charge >= 0.3 is 0 Å². The van der Waals surface area contributed by atoms with Gasteiger partial charge in [0.1, 0.15) is 5.82 Å². The van der Waals surface area contributed by atoms with E-state index in [1.165, 1.54) is 0 Å². The zero-order valence-electron chi connectivity index (χ0n) is 17.7. The Morgan fingerprint density at radius 2 is 1.82 bits per heavy atom. The van der Waals surface area contributed by atoms with Gasteiger partial charge in [-0.3, -0.25) is 4.79 Å². The van der Waals surface area contributed by atoms with E-state index in [-0.39, 0.29) is 11.9 Å². The summed E-state index contributed by atoms with van der Waals surface area (Å²) >= 11 is 1.65. The van der Waals surface area contributed by atoms with E-state index in [0.29, 0.717) is 30.6 Å². The second kappa shape index (κ2) is 10.6. The Kier molecular flexibility index (Phi) is 8.51. The van der Waals surface area contributed by atoms with Crippen LogP contribution in [0, 0.1) is 5.92 Å². The molecule has 6 nitrogen and oxygen atoms in total. The number of nitrogens with zero attached hydrogens (tertiary/aromatic N) is 3. The molecule has 1 aromatic heterocycles. The van der Waals surface area contributed by atoms with E-state index in [1.54, 1.807) is 18.9 Å². The summed E-state index contributed by atoms with van der Waals surface area (Å²) in [6, 6.07) is 7.93. The molecule has 0 aliphatic carbocycles. The smallest absolute Gasteiger partial charge is 0.251 e. The van der Waals surface area contributed by atoms with Gasteiger partial charge in [0.25, 0.3) is 5.91 Å². The number of thioether (sulfide) groups is 1. The van der Waals surface area contributed by atoms with Gasteiger partial charge in [-0.2, -0.15) is 0 Å². The summed E-state index contributed by atoms with van der Waals surface area (Å²) in [4.78, 5) is 12.1. The minimum absolute atomic E-state index is 0.0254. The van der Waals surface area contributed by atoms with Crippen molar-refractivity contribution in [2.75, 3.05) is 20.3 Å². The second-order valence-corrected chi connectivity index (χ2v) is 8.70. The quantitative estimate of drug-likeness (QED) is 0.598. The monoisotopic (exact) mass is 404 g/mol. The van der Waals surface area contributed by atoms with E-state index in [1.807, 2.05) is 24.3 Å². The SMILES string of the molecule is COC[C@H](C)n1c(SCc2ccc(C(=O)NCC(C)C)cc2)nnc1C(C)C. The maximum atomic E-state index is 12.1. The number of benzene rings is 1. The van der Waals surface area contributed by atoms with Gasteiger partial charge in [-0.25, -0.2) is 0 Å². The van der Waals surface area contributed by atoms with E-state index in [9.17, 15) is 4.79 Å². The molecule has 0 saturated heterocycles. The predicted molar refractivity (Wildman–Crippen MR) is 114 cm³/mol. The van der Waals surface area contributed by atoms with E-state index in [0.717, 1.165) is 22.3 Å². The van der Waals surface area contributed by atoms with Gasteiger partial charge in [-0.15, -0.1) is 10.2 Å². The van der Waals surface area contributed by atoms with Crippen LogP contribution in [0.4, 0.5) is 0 Å². The van der Waals surface area contributed by atoms with Crippen LogP contribution in [0.15, 0.2) is 29.4 Å². The summed E-state index contributed by atoms with van der Waals surface area (Å²) in [6.45, 7) is 11.8. The van der Waals surface area contributed by atoms with Crippen molar-refractivity contribution in [3.8, 4) is 0 Å². The van der Waals surface area contributed by atoms with Crippen molar-refractivity contribution in [3.63, 3.8) is 0 Å². The first kappa shape index (κ1) is 22.4. The van der Waals surface area contributed by atoms with Gasteiger partial charge in [-0.05, 0) is 30.5 Å². The summed E-state index contributed by atoms with van der Waals surface area (Å²) in [6.07, 6.45) is 0. The number of carbonyl (C=O) groups is 1. The molecule has 0 unspecified atom stereocenters. The van der Waals surface area contributed by atoms with Gasteiger partial charge in [0.2, 0.25) is 0 Å². The number of nitrogens with one attached hydrogen (secondary N) is 1. The molecule has 2 aromatic rings. The number of hydrogen-bond donors (Lipinski definition) is 1. The fraction of sp³-hybridized carbons (Fsp3) is 0.571. The molecule has 154 valence electrons. The summed E-state index contributed by atoms with van der Waals surface area (Å²) in [7, 11) is 1.71. The summed E-state index contributed by atoms with van der Waals surface area (Å²) in [5.74, 6) is 2.45. The van der Waals surface area contributed by atoms with Gasteiger partial charge in [-0.1, -0.05) is 51.6 Å². The fourth-order valence-electron chi connectivity index (χ4n) is 2.81. The molecule has 1 heterocycles. The van der Waals surface area contributed by atoms with Crippen LogP contribution in [-0.2, 0) is 10.5 Å². The van der Waals surface area contributed by atoms with Crippen LogP contribution in [0.2, 0.25) is 0 Å². The molecular weight excluding hydrogens is 372 g/mol. The number of hydrogen-bond acceptors (Lipinski definition) is 5. The van der Waals surface area contributed by atoms with Crippen LogP contribution in [0.5, 0.6) is 0 Å². The van der Waals surface area contributed by atoms with Crippen LogP contribution in [-0.4, -0.2) is 40.9 Å². The lowest BCUT2D eigenvalue weighted by molar-refractivity contribution is 0.0949. The third-order valence-electron chi connectivity index (χ3n) is 4.31. The highest BCUT2D eigenvalue weighted by Crippen LogP contribution is 2.28. The Labute approximate surface area is 172 Å². The molecule has 0 fully saturated rings. The molecule has 1 N–H and O–H groups in total. The summed E-state index contributed by atoms with van der Waals surface area (Å²) in [5.41, 5.74) is 1.83. The molecule has 0 spiro atoms. The molecular formula is C21H32N4O2S. The normalized spacial score (nSPS) is 12.6. The Bertz CT molecular complexity index is 756. The first-order chi connectivity index (χ1) is 13.3. The molecule has 0 saturated carbocycles. The molecule has 1 aromatic carbocycles. The molecule has 7 heteroatoms. The Balaban J connectivity index is 2.05. The highest BCUT2D eigenvalue weighted by molar-refractivity contribution is 7.98. The molecule has 0 radical (unpaired) electrons. The van der Waals surface area contributed by atoms with Gasteiger partial charge in [0, 0.05) is 30.9 Å². The highest BCUT2D eigenvalue weighted by Gasteiger charge is 2.20. The van der Waals surface area contributed by atoms with Crippen LogP contribution in [0.3, 0.4) is 0 Å². The van der Waals surface area contributed by atoms with Gasteiger partial charge in [0.05, 0.1) is 12.6 Å². The standard InChI is InChI=1S/C21H32N4O2S/c1-14(2)11-22-20(26)18-9-7-17(8-10-18)13-28-21-24-23-19(15(3)4)25(21)16(5)12-27-6/h7-10,14-16H,11-13H2,1-6H3,(H,22,26)/t16-/m0/s1. The average molecular weight is 405 g/mol. The predicted octanol–water partition coefficient (Wildman–Crippen LogP) is 4.29. The zero-order chi connectivity index (χ0) is 20.7. The molecule has 28 heavy (non-hydrogen) atoms. The summed E-state index contributed by atoms with van der Waals surface area (Å²) < 4.78 is 7.50. The topological polar surface area (TPSA) is 69.0 Å². The van der Waals surface area contributed by atoms with E-state index in [4.69, 9.17) is 4.74 Å². The Morgan fingerprint density at radius 1 is 1.14 bits per heavy atom. The van der Waals surface area contributed by atoms with Gasteiger partial charge in [0.15, 0.2) is 5.16 Å². The first-order valence-electron chi connectivity index (χ1n) is 9.77. The van der Waals surface area contributed by atoms with Crippen LogP contribution < -0.4 is 5.32 Å². The lowest BCUT2D eigenvalue weighted by Gasteiger charge is -2.18. The Morgan fingerprint density at radius 3 is 2.39 bits per heavy atom. The maximum absolute atomic E-state index is 12.1. The third kappa shape index (κ3) is 6.07. The first-order valence-corrected chi connectivity index (χ1v) is 10.8. The second-order valence-electron chi connectivity index (χ2n) is 7.76. The van der Waals surface area contributed by atoms with Crippen LogP contribution in [0.25, 0.3) is 0 Å². The van der Waals surface area contributed by atoms with Crippen molar-refractivity contribution < 1.29 is 9.53 Å². The van der Waals surface area contributed by atoms with Crippen molar-refractivity contribution >= 4 is 17.7 Å². The largest absolute Gasteiger partial charge is 0.383 e. The van der Waals surface area contributed by atoms with Crippen molar-refractivity contribution in [1.29, 1.82) is 0 Å². The minimum atomic E-state index is -0.0254. The average Bonchev–Trinajstić information content (AvgIpc) is 3.09. The van der Waals surface area contributed by atoms with Crippen molar-refractivity contribution in [2.24, 2.45) is 5.92 Å². The Hall–Kier alpha value is -1.86.